The summed E-state index contributed by atoms with van der Waals surface area (Å²) >= 11 is 0. The van der Waals surface area contributed by atoms with Gasteiger partial charge in [0.1, 0.15) is 0 Å². The highest BCUT2D eigenvalue weighted by Gasteiger charge is 2.26. The van der Waals surface area contributed by atoms with Crippen LogP contribution in [0, 0.1) is 5.92 Å². The number of hydrogen-bond acceptors (Lipinski definition) is 5. The van der Waals surface area contributed by atoms with E-state index in [-0.39, 0.29) is 5.78 Å². The average Bonchev–Trinajstić information content (AvgIpc) is 3.15. The van der Waals surface area contributed by atoms with Crippen molar-refractivity contribution in [2.75, 3.05) is 13.1 Å². The standard InChI is InChI=1S/C19H28N4O2/c1-13(2)8-18-20-19(25-21-18)15-6-5-7-23(11-15)12-17-9-16(14(3)24)10-22(17)4/h9-10,13,15H,5-8,11-12H2,1-4H3. The fourth-order valence-corrected chi connectivity index (χ4v) is 3.47. The van der Waals surface area contributed by atoms with Crippen LogP contribution in [0.2, 0.25) is 0 Å². The third-order valence-corrected chi connectivity index (χ3v) is 4.83. The molecule has 6 heteroatoms. The minimum absolute atomic E-state index is 0.113. The molecular formula is C19H28N4O2. The van der Waals surface area contributed by atoms with Crippen LogP contribution in [-0.4, -0.2) is 38.5 Å². The zero-order valence-corrected chi connectivity index (χ0v) is 15.7. The number of Topliss-reactive ketones (excluding diaryl/α,β-unsaturated/α-hetero) is 1. The first-order valence-electron chi connectivity index (χ1n) is 9.13. The highest BCUT2D eigenvalue weighted by atomic mass is 16.5. The summed E-state index contributed by atoms with van der Waals surface area (Å²) in [5.41, 5.74) is 1.94. The molecule has 0 spiro atoms. The van der Waals surface area contributed by atoms with E-state index in [1.54, 1.807) is 6.92 Å². The van der Waals surface area contributed by atoms with Crippen LogP contribution in [0.25, 0.3) is 0 Å². The van der Waals surface area contributed by atoms with Crippen LogP contribution in [0.1, 0.15) is 67.3 Å². The van der Waals surface area contributed by atoms with Gasteiger partial charge in [0.05, 0.1) is 5.92 Å². The lowest BCUT2D eigenvalue weighted by Crippen LogP contribution is -2.34. The third kappa shape index (κ3) is 4.37. The van der Waals surface area contributed by atoms with E-state index in [9.17, 15) is 4.79 Å². The zero-order chi connectivity index (χ0) is 18.0. The molecular weight excluding hydrogens is 316 g/mol. The zero-order valence-electron chi connectivity index (χ0n) is 15.7. The van der Waals surface area contributed by atoms with Gasteiger partial charge in [-0.05, 0) is 38.3 Å². The van der Waals surface area contributed by atoms with E-state index in [2.05, 4.69) is 28.9 Å². The number of ketones is 1. The Labute approximate surface area is 149 Å². The Morgan fingerprint density at radius 2 is 2.24 bits per heavy atom. The molecule has 0 saturated carbocycles. The first kappa shape index (κ1) is 17.9. The van der Waals surface area contributed by atoms with Gasteiger partial charge >= 0.3 is 0 Å². The summed E-state index contributed by atoms with van der Waals surface area (Å²) in [5.74, 6) is 2.53. The number of likely N-dealkylation sites (tertiary alicyclic amines) is 1. The molecule has 3 heterocycles. The molecule has 1 aliphatic heterocycles. The predicted octanol–water partition coefficient (Wildman–Crippen LogP) is 3.19. The smallest absolute Gasteiger partial charge is 0.231 e. The number of rotatable bonds is 6. The molecule has 1 unspecified atom stereocenters. The Morgan fingerprint density at radius 3 is 2.92 bits per heavy atom. The van der Waals surface area contributed by atoms with Gasteiger partial charge < -0.3 is 9.09 Å². The number of aromatic nitrogens is 3. The number of aryl methyl sites for hydroxylation is 1. The molecule has 0 N–H and O–H groups in total. The fourth-order valence-electron chi connectivity index (χ4n) is 3.47. The third-order valence-electron chi connectivity index (χ3n) is 4.83. The molecule has 1 saturated heterocycles. The number of hydrogen-bond donors (Lipinski definition) is 0. The largest absolute Gasteiger partial charge is 0.353 e. The van der Waals surface area contributed by atoms with E-state index >= 15 is 0 Å². The second kappa shape index (κ2) is 7.52. The van der Waals surface area contributed by atoms with Crippen molar-refractivity contribution in [2.24, 2.45) is 13.0 Å². The topological polar surface area (TPSA) is 64.2 Å². The van der Waals surface area contributed by atoms with Crippen LogP contribution < -0.4 is 0 Å². The molecule has 0 amide bonds. The van der Waals surface area contributed by atoms with Gasteiger partial charge in [-0.1, -0.05) is 19.0 Å². The van der Waals surface area contributed by atoms with E-state index < -0.39 is 0 Å². The Kier molecular flexibility index (Phi) is 5.37. The molecule has 1 fully saturated rings. The molecule has 6 nitrogen and oxygen atoms in total. The van der Waals surface area contributed by atoms with Gasteiger partial charge in [0, 0.05) is 44.0 Å². The maximum atomic E-state index is 11.6. The van der Waals surface area contributed by atoms with Gasteiger partial charge in [-0.3, -0.25) is 9.69 Å². The molecule has 1 atom stereocenters. The van der Waals surface area contributed by atoms with Crippen molar-refractivity contribution in [3.05, 3.63) is 35.2 Å². The normalized spacial score (nSPS) is 18.8. The van der Waals surface area contributed by atoms with E-state index in [0.29, 0.717) is 11.8 Å². The predicted molar refractivity (Wildman–Crippen MR) is 95.5 cm³/mol. The number of carbonyl (C=O) groups is 1. The van der Waals surface area contributed by atoms with Crippen molar-refractivity contribution in [1.29, 1.82) is 0 Å². The van der Waals surface area contributed by atoms with Crippen molar-refractivity contribution in [2.45, 2.75) is 52.5 Å². The van der Waals surface area contributed by atoms with E-state index in [1.807, 2.05) is 23.9 Å². The number of nitrogens with zero attached hydrogens (tertiary/aromatic N) is 4. The molecule has 25 heavy (non-hydrogen) atoms. The molecule has 0 radical (unpaired) electrons. The Morgan fingerprint density at radius 1 is 1.44 bits per heavy atom. The van der Waals surface area contributed by atoms with Gasteiger partial charge in [0.25, 0.3) is 0 Å². The molecule has 0 aliphatic carbocycles. The number of piperidine rings is 1. The molecule has 0 aromatic carbocycles. The second-order valence-electron chi connectivity index (χ2n) is 7.61. The highest BCUT2D eigenvalue weighted by molar-refractivity contribution is 5.94. The minimum atomic E-state index is 0.113. The first-order valence-corrected chi connectivity index (χ1v) is 9.13. The summed E-state index contributed by atoms with van der Waals surface area (Å²) < 4.78 is 7.57. The van der Waals surface area contributed by atoms with Crippen LogP contribution in [0.5, 0.6) is 0 Å². The van der Waals surface area contributed by atoms with Gasteiger partial charge in [-0.25, -0.2) is 0 Å². The minimum Gasteiger partial charge on any atom is -0.353 e. The van der Waals surface area contributed by atoms with Crippen molar-refractivity contribution >= 4 is 5.78 Å². The van der Waals surface area contributed by atoms with Crippen LogP contribution in [0.15, 0.2) is 16.8 Å². The summed E-state index contributed by atoms with van der Waals surface area (Å²) in [7, 11) is 2.00. The summed E-state index contributed by atoms with van der Waals surface area (Å²) in [6.45, 7) is 8.75. The Bertz CT molecular complexity index is 732. The maximum Gasteiger partial charge on any atom is 0.231 e. The fraction of sp³-hybridized carbons (Fsp3) is 0.632. The summed E-state index contributed by atoms with van der Waals surface area (Å²) in [4.78, 5) is 18.6. The van der Waals surface area contributed by atoms with Crippen molar-refractivity contribution < 1.29 is 9.32 Å². The van der Waals surface area contributed by atoms with Crippen LogP contribution in [-0.2, 0) is 20.0 Å². The summed E-state index contributed by atoms with van der Waals surface area (Å²) in [6.07, 6.45) is 4.98. The van der Waals surface area contributed by atoms with Crippen LogP contribution >= 0.6 is 0 Å². The Balaban J connectivity index is 1.65. The maximum absolute atomic E-state index is 11.6. The van der Waals surface area contributed by atoms with E-state index in [1.165, 1.54) is 0 Å². The van der Waals surface area contributed by atoms with Gasteiger partial charge in [0.2, 0.25) is 5.89 Å². The monoisotopic (exact) mass is 344 g/mol. The van der Waals surface area contributed by atoms with Gasteiger partial charge in [-0.2, -0.15) is 4.98 Å². The quantitative estimate of drug-likeness (QED) is 0.753. The molecule has 1 aliphatic rings. The van der Waals surface area contributed by atoms with Crippen LogP contribution in [0.4, 0.5) is 0 Å². The molecule has 2 aromatic heterocycles. The SMILES string of the molecule is CC(=O)c1cc(CN2CCCC(c3nc(CC(C)C)no3)C2)n(C)c1. The highest BCUT2D eigenvalue weighted by Crippen LogP contribution is 2.27. The van der Waals surface area contributed by atoms with Crippen LogP contribution in [0.3, 0.4) is 0 Å². The van der Waals surface area contributed by atoms with E-state index in [4.69, 9.17) is 4.52 Å². The first-order chi connectivity index (χ1) is 11.9. The van der Waals surface area contributed by atoms with Gasteiger partial charge in [0.15, 0.2) is 11.6 Å². The molecule has 2 aromatic rings. The number of carbonyl (C=O) groups excluding carboxylic acids is 1. The summed E-state index contributed by atoms with van der Waals surface area (Å²) in [6, 6.07) is 2.00. The lowest BCUT2D eigenvalue weighted by Gasteiger charge is -2.30. The van der Waals surface area contributed by atoms with E-state index in [0.717, 1.165) is 61.9 Å². The summed E-state index contributed by atoms with van der Waals surface area (Å²) in [5, 5.41) is 4.13. The van der Waals surface area contributed by atoms with Crippen molar-refractivity contribution in [3.8, 4) is 0 Å². The Hall–Kier alpha value is -1.95. The average molecular weight is 344 g/mol. The lowest BCUT2D eigenvalue weighted by atomic mass is 9.98. The molecule has 136 valence electrons. The molecule has 3 rings (SSSR count). The van der Waals surface area contributed by atoms with Gasteiger partial charge in [-0.15, -0.1) is 0 Å². The lowest BCUT2D eigenvalue weighted by molar-refractivity contribution is 0.101. The van der Waals surface area contributed by atoms with Crippen molar-refractivity contribution in [1.82, 2.24) is 19.6 Å². The molecule has 0 bridgehead atoms. The second-order valence-corrected chi connectivity index (χ2v) is 7.61. The van der Waals surface area contributed by atoms with Crippen molar-refractivity contribution in [3.63, 3.8) is 0 Å².